The fourth-order valence-corrected chi connectivity index (χ4v) is 5.27. The molecule has 0 bridgehead atoms. The number of fused-ring (bicyclic) bond motifs is 1. The number of carbonyl (C=O) groups is 1. The lowest BCUT2D eigenvalue weighted by atomic mass is 10.0. The van der Waals surface area contributed by atoms with Gasteiger partial charge in [-0.2, -0.15) is 0 Å². The van der Waals surface area contributed by atoms with Gasteiger partial charge in [0.2, 0.25) is 0 Å². The number of ether oxygens (including phenoxy) is 1. The lowest BCUT2D eigenvalue weighted by Gasteiger charge is -2.13. The average Bonchev–Trinajstić information content (AvgIpc) is 3.36. The van der Waals surface area contributed by atoms with E-state index in [-0.39, 0.29) is 11.0 Å². The van der Waals surface area contributed by atoms with Crippen LogP contribution in [0.25, 0.3) is 0 Å². The zero-order valence-corrected chi connectivity index (χ0v) is 19.0. The van der Waals surface area contributed by atoms with Crippen LogP contribution in [0.4, 0.5) is 0 Å². The Balaban J connectivity index is 1.31. The number of nitrogens with zero attached hydrogens (tertiary/aromatic N) is 3. The Morgan fingerprint density at radius 2 is 2.00 bits per heavy atom. The standard InChI is InChI=1S/C24H24ClN3O2S/c1-15(23(29)18-10-9-16-5-4-6-17(16)13-18)31-24-27-26-22(28(24)19-11-12-19)14-30-21-8-3-2-7-20(21)25/h2-3,7-10,13,15,19H,4-6,11-12,14H2,1H3. The number of thioether (sulfide) groups is 1. The van der Waals surface area contributed by atoms with E-state index in [1.165, 1.54) is 29.3 Å². The number of benzene rings is 2. The monoisotopic (exact) mass is 453 g/mol. The summed E-state index contributed by atoms with van der Waals surface area (Å²) < 4.78 is 8.02. The first kappa shape index (κ1) is 20.6. The molecule has 2 aromatic carbocycles. The van der Waals surface area contributed by atoms with Crippen molar-refractivity contribution >= 4 is 29.1 Å². The van der Waals surface area contributed by atoms with Gasteiger partial charge in [0.15, 0.2) is 16.8 Å². The van der Waals surface area contributed by atoms with Gasteiger partial charge in [0.1, 0.15) is 12.4 Å². The third kappa shape index (κ3) is 4.37. The van der Waals surface area contributed by atoms with Crippen LogP contribution >= 0.6 is 23.4 Å². The number of aryl methyl sites for hydroxylation is 2. The van der Waals surface area contributed by atoms with Crippen LogP contribution in [-0.2, 0) is 19.4 Å². The number of ketones is 1. The number of hydrogen-bond donors (Lipinski definition) is 0. The van der Waals surface area contributed by atoms with Crippen molar-refractivity contribution in [2.45, 2.75) is 62.1 Å². The molecule has 1 fully saturated rings. The Morgan fingerprint density at radius 1 is 1.19 bits per heavy atom. The third-order valence-corrected chi connectivity index (χ3v) is 7.24. The molecule has 2 aliphatic rings. The van der Waals surface area contributed by atoms with Crippen LogP contribution in [0.5, 0.6) is 5.75 Å². The van der Waals surface area contributed by atoms with Crippen molar-refractivity contribution in [1.82, 2.24) is 14.8 Å². The third-order valence-electron chi connectivity index (χ3n) is 5.88. The maximum atomic E-state index is 13.1. The summed E-state index contributed by atoms with van der Waals surface area (Å²) in [7, 11) is 0. The predicted octanol–water partition coefficient (Wildman–Crippen LogP) is 5.70. The van der Waals surface area contributed by atoms with Crippen LogP contribution in [0.1, 0.15) is 59.5 Å². The zero-order chi connectivity index (χ0) is 21.4. The van der Waals surface area contributed by atoms with Gasteiger partial charge < -0.3 is 4.74 Å². The van der Waals surface area contributed by atoms with Crippen molar-refractivity contribution in [2.24, 2.45) is 0 Å². The molecule has 3 aromatic rings. The Kier molecular flexibility index (Phi) is 5.76. The average molecular weight is 454 g/mol. The second-order valence-corrected chi connectivity index (χ2v) is 9.90. The molecular weight excluding hydrogens is 430 g/mol. The number of carbonyl (C=O) groups excluding carboxylic acids is 1. The van der Waals surface area contributed by atoms with Crippen molar-refractivity contribution in [1.29, 1.82) is 0 Å². The van der Waals surface area contributed by atoms with Gasteiger partial charge in [0.25, 0.3) is 0 Å². The summed E-state index contributed by atoms with van der Waals surface area (Å²) in [6.07, 6.45) is 5.57. The van der Waals surface area contributed by atoms with Gasteiger partial charge in [-0.05, 0) is 68.4 Å². The second kappa shape index (κ2) is 8.67. The van der Waals surface area contributed by atoms with Crippen molar-refractivity contribution < 1.29 is 9.53 Å². The first-order chi connectivity index (χ1) is 15.1. The van der Waals surface area contributed by atoms with E-state index in [2.05, 4.69) is 26.9 Å². The molecule has 0 aliphatic heterocycles. The predicted molar refractivity (Wildman–Crippen MR) is 122 cm³/mol. The van der Waals surface area contributed by atoms with Crippen LogP contribution in [0, 0.1) is 0 Å². The molecule has 1 atom stereocenters. The maximum Gasteiger partial charge on any atom is 0.192 e. The Labute approximate surface area is 191 Å². The molecule has 0 amide bonds. The molecule has 31 heavy (non-hydrogen) atoms. The van der Waals surface area contributed by atoms with Crippen LogP contribution in [0.2, 0.25) is 5.02 Å². The molecule has 5 nitrogen and oxygen atoms in total. The highest BCUT2D eigenvalue weighted by Crippen LogP contribution is 2.40. The number of para-hydroxylation sites is 1. The molecule has 160 valence electrons. The summed E-state index contributed by atoms with van der Waals surface area (Å²) in [4.78, 5) is 13.1. The molecule has 0 N–H and O–H groups in total. The quantitative estimate of drug-likeness (QED) is 0.323. The molecule has 1 heterocycles. The van der Waals surface area contributed by atoms with Gasteiger partial charge in [-0.3, -0.25) is 9.36 Å². The molecule has 7 heteroatoms. The van der Waals surface area contributed by atoms with Gasteiger partial charge in [-0.1, -0.05) is 47.6 Å². The van der Waals surface area contributed by atoms with Crippen LogP contribution in [-0.4, -0.2) is 25.8 Å². The van der Waals surface area contributed by atoms with Gasteiger partial charge in [-0.25, -0.2) is 0 Å². The van der Waals surface area contributed by atoms with Crippen molar-refractivity contribution in [2.75, 3.05) is 0 Å². The number of hydrogen-bond acceptors (Lipinski definition) is 5. The number of Topliss-reactive ketones (excluding diaryl/α,β-unsaturated/α-hetero) is 1. The van der Waals surface area contributed by atoms with Crippen LogP contribution < -0.4 is 4.74 Å². The van der Waals surface area contributed by atoms with Gasteiger partial charge in [0, 0.05) is 11.6 Å². The van der Waals surface area contributed by atoms with Gasteiger partial charge in [0.05, 0.1) is 10.3 Å². The molecule has 0 radical (unpaired) electrons. The Hall–Kier alpha value is -2.31. The topological polar surface area (TPSA) is 57.0 Å². The maximum absolute atomic E-state index is 13.1. The van der Waals surface area contributed by atoms with Crippen molar-refractivity contribution in [3.05, 3.63) is 70.0 Å². The van der Waals surface area contributed by atoms with Crippen LogP contribution in [0.15, 0.2) is 47.6 Å². The smallest absolute Gasteiger partial charge is 0.192 e. The van der Waals surface area contributed by atoms with E-state index in [4.69, 9.17) is 16.3 Å². The summed E-state index contributed by atoms with van der Waals surface area (Å²) in [6, 6.07) is 13.9. The molecule has 0 spiro atoms. The van der Waals surface area contributed by atoms with E-state index in [9.17, 15) is 4.79 Å². The first-order valence-corrected chi connectivity index (χ1v) is 12.0. The number of halogens is 1. The minimum absolute atomic E-state index is 0.138. The lowest BCUT2D eigenvalue weighted by molar-refractivity contribution is 0.0993. The van der Waals surface area contributed by atoms with E-state index in [1.54, 1.807) is 6.07 Å². The normalized spacial score (nSPS) is 16.2. The van der Waals surface area contributed by atoms with E-state index < -0.39 is 0 Å². The molecule has 1 aromatic heterocycles. The van der Waals surface area contributed by atoms with E-state index in [1.807, 2.05) is 31.2 Å². The zero-order valence-electron chi connectivity index (χ0n) is 17.4. The minimum Gasteiger partial charge on any atom is -0.484 e. The SMILES string of the molecule is CC(Sc1nnc(COc2ccccc2Cl)n1C1CC1)C(=O)c1ccc2c(c1)CCC2. The highest BCUT2D eigenvalue weighted by Gasteiger charge is 2.31. The Bertz CT molecular complexity index is 1130. The van der Waals surface area contributed by atoms with Crippen molar-refractivity contribution in [3.8, 4) is 5.75 Å². The molecule has 5 rings (SSSR count). The summed E-state index contributed by atoms with van der Waals surface area (Å²) >= 11 is 7.68. The minimum atomic E-state index is -0.238. The highest BCUT2D eigenvalue weighted by molar-refractivity contribution is 8.00. The summed E-state index contributed by atoms with van der Waals surface area (Å²) in [6.45, 7) is 2.24. The molecule has 0 saturated heterocycles. The largest absolute Gasteiger partial charge is 0.484 e. The summed E-state index contributed by atoms with van der Waals surface area (Å²) in [5.74, 6) is 1.53. The van der Waals surface area contributed by atoms with Crippen LogP contribution in [0.3, 0.4) is 0 Å². The van der Waals surface area contributed by atoms with Crippen molar-refractivity contribution in [3.63, 3.8) is 0 Å². The van der Waals surface area contributed by atoms with Gasteiger partial charge in [-0.15, -0.1) is 10.2 Å². The van der Waals surface area contributed by atoms with Gasteiger partial charge >= 0.3 is 0 Å². The second-order valence-electron chi connectivity index (χ2n) is 8.18. The fourth-order valence-electron chi connectivity index (χ4n) is 4.06. The molecule has 1 unspecified atom stereocenters. The van der Waals surface area contributed by atoms with E-state index in [0.29, 0.717) is 23.4 Å². The fraction of sp³-hybridized carbons (Fsp3) is 0.375. The number of aromatic nitrogens is 3. The summed E-state index contributed by atoms with van der Waals surface area (Å²) in [5, 5.41) is 9.88. The highest BCUT2D eigenvalue weighted by atomic mass is 35.5. The Morgan fingerprint density at radius 3 is 2.81 bits per heavy atom. The molecular formula is C24H24ClN3O2S. The van der Waals surface area contributed by atoms with E-state index in [0.717, 1.165) is 42.2 Å². The molecule has 1 saturated carbocycles. The lowest BCUT2D eigenvalue weighted by Crippen LogP contribution is -2.15. The van der Waals surface area contributed by atoms with E-state index >= 15 is 0 Å². The number of rotatable bonds is 8. The molecule has 2 aliphatic carbocycles. The first-order valence-electron chi connectivity index (χ1n) is 10.7. The summed E-state index contributed by atoms with van der Waals surface area (Å²) in [5.41, 5.74) is 3.50.